The molecule has 1 aliphatic heterocycles. The first-order valence-electron chi connectivity index (χ1n) is 4.91. The molecule has 2 atom stereocenters. The average molecular weight is 251 g/mol. The van der Waals surface area contributed by atoms with Crippen LogP contribution < -0.4 is 0 Å². The molecular weight excluding hydrogens is 241 g/mol. The molecule has 0 aliphatic carbocycles. The Morgan fingerprint density at radius 3 is 2.25 bits per heavy atom. The van der Waals surface area contributed by atoms with E-state index in [1.54, 1.807) is 0 Å². The van der Waals surface area contributed by atoms with Crippen LogP contribution in [0.4, 0.5) is 13.2 Å². The standard InChI is InChI=1S/C11H10ClF3O/c12-9-5-6-16-10(9)7-1-3-8(4-2-7)11(13,14)15/h1-4,9-10H,5-6H2/t9-,10-/m0/s1. The van der Waals surface area contributed by atoms with E-state index in [0.717, 1.165) is 18.6 Å². The van der Waals surface area contributed by atoms with Crippen molar-refractivity contribution >= 4 is 11.6 Å². The van der Waals surface area contributed by atoms with E-state index >= 15 is 0 Å². The Bertz CT molecular complexity index is 360. The third-order valence-electron chi connectivity index (χ3n) is 2.59. The topological polar surface area (TPSA) is 9.23 Å². The molecule has 1 aliphatic rings. The van der Waals surface area contributed by atoms with Gasteiger partial charge < -0.3 is 4.74 Å². The molecule has 16 heavy (non-hydrogen) atoms. The maximum absolute atomic E-state index is 12.3. The van der Waals surface area contributed by atoms with Gasteiger partial charge in [0, 0.05) is 6.61 Å². The van der Waals surface area contributed by atoms with E-state index in [2.05, 4.69) is 0 Å². The summed E-state index contributed by atoms with van der Waals surface area (Å²) in [6.07, 6.45) is -3.85. The molecule has 5 heteroatoms. The quantitative estimate of drug-likeness (QED) is 0.690. The zero-order valence-corrected chi connectivity index (χ0v) is 9.05. The minimum atomic E-state index is -4.30. The number of ether oxygens (including phenoxy) is 1. The van der Waals surface area contributed by atoms with Crippen molar-refractivity contribution < 1.29 is 17.9 Å². The van der Waals surface area contributed by atoms with Crippen LogP contribution in [0.15, 0.2) is 24.3 Å². The van der Waals surface area contributed by atoms with E-state index < -0.39 is 11.7 Å². The molecule has 0 unspecified atom stereocenters. The van der Waals surface area contributed by atoms with Crippen LogP contribution in [0.2, 0.25) is 0 Å². The lowest BCUT2D eigenvalue weighted by Gasteiger charge is -2.14. The summed E-state index contributed by atoms with van der Waals surface area (Å²) in [5.74, 6) is 0. The minimum Gasteiger partial charge on any atom is -0.372 e. The molecule has 0 spiro atoms. The molecule has 1 fully saturated rings. The van der Waals surface area contributed by atoms with Crippen LogP contribution in [0.3, 0.4) is 0 Å². The van der Waals surface area contributed by atoms with E-state index in [-0.39, 0.29) is 11.5 Å². The van der Waals surface area contributed by atoms with E-state index in [1.807, 2.05) is 0 Å². The van der Waals surface area contributed by atoms with Crippen LogP contribution in [-0.4, -0.2) is 12.0 Å². The highest BCUT2D eigenvalue weighted by Crippen LogP contribution is 2.35. The zero-order chi connectivity index (χ0) is 11.8. The van der Waals surface area contributed by atoms with Crippen LogP contribution in [0.1, 0.15) is 23.7 Å². The fourth-order valence-corrected chi connectivity index (χ4v) is 2.04. The summed E-state index contributed by atoms with van der Waals surface area (Å²) in [5.41, 5.74) is 0.0471. The Hall–Kier alpha value is -0.740. The van der Waals surface area contributed by atoms with E-state index in [4.69, 9.17) is 16.3 Å². The van der Waals surface area contributed by atoms with Gasteiger partial charge in [-0.15, -0.1) is 11.6 Å². The van der Waals surface area contributed by atoms with Crippen molar-refractivity contribution in [2.75, 3.05) is 6.61 Å². The fraction of sp³-hybridized carbons (Fsp3) is 0.455. The molecular formula is C11H10ClF3O. The lowest BCUT2D eigenvalue weighted by Crippen LogP contribution is -2.08. The summed E-state index contributed by atoms with van der Waals surface area (Å²) in [4.78, 5) is 0. The highest BCUT2D eigenvalue weighted by molar-refractivity contribution is 6.21. The van der Waals surface area contributed by atoms with Gasteiger partial charge in [0.2, 0.25) is 0 Å². The second-order valence-electron chi connectivity index (χ2n) is 3.72. The van der Waals surface area contributed by atoms with Crippen LogP contribution in [0.25, 0.3) is 0 Å². The second-order valence-corrected chi connectivity index (χ2v) is 4.28. The zero-order valence-electron chi connectivity index (χ0n) is 8.30. The minimum absolute atomic E-state index is 0.156. The lowest BCUT2D eigenvalue weighted by atomic mass is 10.0. The first-order chi connectivity index (χ1) is 7.48. The molecule has 0 saturated carbocycles. The first-order valence-corrected chi connectivity index (χ1v) is 5.35. The van der Waals surface area contributed by atoms with Gasteiger partial charge in [-0.2, -0.15) is 13.2 Å². The smallest absolute Gasteiger partial charge is 0.372 e. The Morgan fingerprint density at radius 2 is 1.81 bits per heavy atom. The summed E-state index contributed by atoms with van der Waals surface area (Å²) >= 11 is 6.00. The molecule has 0 N–H and O–H groups in total. The van der Waals surface area contributed by atoms with Gasteiger partial charge in [-0.25, -0.2) is 0 Å². The summed E-state index contributed by atoms with van der Waals surface area (Å²) in [7, 11) is 0. The van der Waals surface area contributed by atoms with Crippen molar-refractivity contribution in [1.82, 2.24) is 0 Å². The maximum Gasteiger partial charge on any atom is 0.416 e. The number of hydrogen-bond acceptors (Lipinski definition) is 1. The molecule has 88 valence electrons. The van der Waals surface area contributed by atoms with Crippen molar-refractivity contribution in [2.45, 2.75) is 24.1 Å². The number of rotatable bonds is 1. The van der Waals surface area contributed by atoms with Crippen LogP contribution in [0.5, 0.6) is 0 Å². The van der Waals surface area contributed by atoms with Gasteiger partial charge in [-0.1, -0.05) is 12.1 Å². The Kier molecular flexibility index (Phi) is 3.13. The Balaban J connectivity index is 2.19. The molecule has 1 saturated heterocycles. The van der Waals surface area contributed by atoms with Gasteiger partial charge in [0.25, 0.3) is 0 Å². The number of benzene rings is 1. The summed E-state index contributed by atoms with van der Waals surface area (Å²) in [5, 5.41) is -0.156. The van der Waals surface area contributed by atoms with Gasteiger partial charge in [-0.3, -0.25) is 0 Å². The summed E-state index contributed by atoms with van der Waals surface area (Å²) in [6.45, 7) is 0.555. The predicted octanol–water partition coefficient (Wildman–Crippen LogP) is 3.77. The van der Waals surface area contributed by atoms with Gasteiger partial charge in [-0.05, 0) is 24.1 Å². The number of halogens is 4. The van der Waals surface area contributed by atoms with Crippen molar-refractivity contribution in [3.05, 3.63) is 35.4 Å². The maximum atomic E-state index is 12.3. The number of alkyl halides is 4. The summed E-state index contributed by atoms with van der Waals surface area (Å²) in [6, 6.07) is 4.96. The molecule has 0 amide bonds. The van der Waals surface area contributed by atoms with Gasteiger partial charge in [0.05, 0.1) is 17.0 Å². The third kappa shape index (κ3) is 2.33. The molecule has 1 aromatic rings. The monoisotopic (exact) mass is 250 g/mol. The molecule has 0 bridgehead atoms. The van der Waals surface area contributed by atoms with Gasteiger partial charge >= 0.3 is 6.18 Å². The largest absolute Gasteiger partial charge is 0.416 e. The average Bonchev–Trinajstić information content (AvgIpc) is 2.63. The lowest BCUT2D eigenvalue weighted by molar-refractivity contribution is -0.137. The van der Waals surface area contributed by atoms with Gasteiger partial charge in [0.1, 0.15) is 0 Å². The SMILES string of the molecule is FC(F)(F)c1ccc([C@@H]2OCC[C@@H]2Cl)cc1. The van der Waals surface area contributed by atoms with Crippen LogP contribution in [-0.2, 0) is 10.9 Å². The van der Waals surface area contributed by atoms with Crippen molar-refractivity contribution in [1.29, 1.82) is 0 Å². The Labute approximate surface area is 96.2 Å². The Morgan fingerprint density at radius 1 is 1.19 bits per heavy atom. The molecule has 0 aromatic heterocycles. The van der Waals surface area contributed by atoms with Crippen molar-refractivity contribution in [2.24, 2.45) is 0 Å². The molecule has 1 aromatic carbocycles. The van der Waals surface area contributed by atoms with E-state index in [9.17, 15) is 13.2 Å². The first kappa shape index (κ1) is 11.7. The molecule has 0 radical (unpaired) electrons. The number of hydrogen-bond donors (Lipinski definition) is 0. The predicted molar refractivity (Wildman–Crippen MR) is 54.4 cm³/mol. The van der Waals surface area contributed by atoms with E-state index in [1.165, 1.54) is 12.1 Å². The summed E-state index contributed by atoms with van der Waals surface area (Å²) < 4.78 is 42.3. The fourth-order valence-electron chi connectivity index (χ4n) is 1.73. The van der Waals surface area contributed by atoms with Crippen molar-refractivity contribution in [3.8, 4) is 0 Å². The molecule has 1 nitrogen and oxygen atoms in total. The van der Waals surface area contributed by atoms with Crippen molar-refractivity contribution in [3.63, 3.8) is 0 Å². The second kappa shape index (κ2) is 4.26. The van der Waals surface area contributed by atoms with Crippen LogP contribution in [0, 0.1) is 0 Å². The molecule has 2 rings (SSSR count). The third-order valence-corrected chi connectivity index (χ3v) is 3.03. The highest BCUT2D eigenvalue weighted by Gasteiger charge is 2.32. The molecule has 1 heterocycles. The van der Waals surface area contributed by atoms with E-state index in [0.29, 0.717) is 12.2 Å². The normalized spacial score (nSPS) is 26.0. The van der Waals surface area contributed by atoms with Gasteiger partial charge in [0.15, 0.2) is 0 Å². The highest BCUT2D eigenvalue weighted by atomic mass is 35.5. The van der Waals surface area contributed by atoms with Crippen LogP contribution >= 0.6 is 11.6 Å².